The maximum Gasteiger partial charge on any atom is 0.256 e. The molecule has 0 bridgehead atoms. The third kappa shape index (κ3) is 3.12. The Bertz CT molecular complexity index is 1460. The second-order valence-corrected chi connectivity index (χ2v) is 9.43. The first-order valence-corrected chi connectivity index (χ1v) is 11.8. The summed E-state index contributed by atoms with van der Waals surface area (Å²) in [5.41, 5.74) is 5.48. The van der Waals surface area contributed by atoms with E-state index in [4.69, 9.17) is 0 Å². The Hall–Kier alpha value is -3.44. The molecule has 1 aliphatic rings. The van der Waals surface area contributed by atoms with E-state index in [1.54, 1.807) is 11.3 Å². The van der Waals surface area contributed by atoms with Crippen LogP contribution in [0, 0.1) is 0 Å². The van der Waals surface area contributed by atoms with E-state index in [1.165, 1.54) is 16.0 Å². The second-order valence-electron chi connectivity index (χ2n) is 8.48. The average Bonchev–Trinajstić information content (AvgIpc) is 3.44. The highest BCUT2D eigenvalue weighted by molar-refractivity contribution is 7.10. The van der Waals surface area contributed by atoms with Crippen LogP contribution in [0.15, 0.2) is 78.4 Å². The van der Waals surface area contributed by atoms with E-state index in [1.807, 2.05) is 37.6 Å². The molecule has 6 rings (SSSR count). The molecule has 5 heteroatoms. The first-order chi connectivity index (χ1) is 15.7. The molecule has 4 nitrogen and oxygen atoms in total. The van der Waals surface area contributed by atoms with E-state index in [0.29, 0.717) is 0 Å². The van der Waals surface area contributed by atoms with Crippen molar-refractivity contribution in [3.63, 3.8) is 0 Å². The third-order valence-electron chi connectivity index (χ3n) is 6.57. The molecule has 4 heterocycles. The van der Waals surface area contributed by atoms with Gasteiger partial charge in [0.2, 0.25) is 0 Å². The number of carbonyl (C=O) groups is 1. The lowest BCUT2D eigenvalue weighted by atomic mass is 9.94. The summed E-state index contributed by atoms with van der Waals surface area (Å²) in [6, 6.07) is 20.9. The lowest BCUT2D eigenvalue weighted by Crippen LogP contribution is -2.40. The van der Waals surface area contributed by atoms with Crippen molar-refractivity contribution >= 4 is 39.0 Å². The minimum Gasteiger partial charge on any atom is -0.350 e. The second kappa shape index (κ2) is 7.61. The van der Waals surface area contributed by atoms with Crippen LogP contribution in [0.25, 0.3) is 21.8 Å². The predicted molar refractivity (Wildman–Crippen MR) is 130 cm³/mol. The average molecular weight is 438 g/mol. The molecular formula is C27H23N3OS. The molecule has 0 spiro atoms. The molecule has 32 heavy (non-hydrogen) atoms. The minimum atomic E-state index is 0.0411. The van der Waals surface area contributed by atoms with Crippen molar-refractivity contribution in [2.75, 3.05) is 6.54 Å². The molecule has 0 saturated heterocycles. The molecule has 5 aromatic rings. The van der Waals surface area contributed by atoms with Crippen molar-refractivity contribution < 1.29 is 4.79 Å². The van der Waals surface area contributed by atoms with Crippen molar-refractivity contribution in [1.82, 2.24) is 14.5 Å². The zero-order valence-corrected chi connectivity index (χ0v) is 18.7. The van der Waals surface area contributed by atoms with Gasteiger partial charge in [0.25, 0.3) is 5.91 Å². The van der Waals surface area contributed by atoms with Crippen molar-refractivity contribution in [1.29, 1.82) is 0 Å². The lowest BCUT2D eigenvalue weighted by Gasteiger charge is -2.36. The van der Waals surface area contributed by atoms with Crippen molar-refractivity contribution in [3.05, 3.63) is 100 Å². The van der Waals surface area contributed by atoms with Gasteiger partial charge in [-0.1, -0.05) is 30.3 Å². The van der Waals surface area contributed by atoms with E-state index < -0.39 is 0 Å². The number of benzene rings is 2. The van der Waals surface area contributed by atoms with Crippen LogP contribution in [0.1, 0.15) is 32.4 Å². The number of aryl methyl sites for hydroxylation is 1. The Kier molecular flexibility index (Phi) is 4.58. The van der Waals surface area contributed by atoms with Gasteiger partial charge in [0.15, 0.2) is 0 Å². The lowest BCUT2D eigenvalue weighted by molar-refractivity contribution is 0.0666. The number of nitrogens with zero attached hydrogens (tertiary/aromatic N) is 3. The summed E-state index contributed by atoms with van der Waals surface area (Å²) < 4.78 is 2.05. The van der Waals surface area contributed by atoms with Crippen molar-refractivity contribution in [2.45, 2.75) is 18.9 Å². The van der Waals surface area contributed by atoms with E-state index >= 15 is 0 Å². The molecular weight excluding hydrogens is 414 g/mol. The Morgan fingerprint density at radius 3 is 2.97 bits per heavy atom. The Morgan fingerprint density at radius 2 is 2.03 bits per heavy atom. The predicted octanol–water partition coefficient (Wildman–Crippen LogP) is 5.77. The molecule has 1 aliphatic heterocycles. The first-order valence-electron chi connectivity index (χ1n) is 10.9. The highest BCUT2D eigenvalue weighted by Crippen LogP contribution is 2.38. The summed E-state index contributed by atoms with van der Waals surface area (Å²) in [5.74, 6) is 0.119. The number of para-hydroxylation sites is 1. The van der Waals surface area contributed by atoms with E-state index in [2.05, 4.69) is 62.3 Å². The standard InChI is InChI=1S/C27H23N3OS/c1-29-17-22(21-6-2-3-7-24(21)29)27(31)30-13-10-19-11-14-32-26(19)25(30)16-18-8-9-23-20(15-18)5-4-12-28-23/h2-9,11-12,14-15,17,25H,10,13,16H2,1H3. The fourth-order valence-corrected chi connectivity index (χ4v) is 6.04. The van der Waals surface area contributed by atoms with Crippen molar-refractivity contribution in [2.24, 2.45) is 7.05 Å². The first kappa shape index (κ1) is 19.3. The van der Waals surface area contributed by atoms with Gasteiger partial charge in [-0.2, -0.15) is 0 Å². The van der Waals surface area contributed by atoms with Crippen LogP contribution in [0.3, 0.4) is 0 Å². The van der Waals surface area contributed by atoms with Gasteiger partial charge in [-0.25, -0.2) is 0 Å². The Morgan fingerprint density at radius 1 is 1.12 bits per heavy atom. The summed E-state index contributed by atoms with van der Waals surface area (Å²) in [6.45, 7) is 0.742. The largest absolute Gasteiger partial charge is 0.350 e. The monoisotopic (exact) mass is 437 g/mol. The number of thiophene rings is 1. The van der Waals surface area contributed by atoms with E-state index in [-0.39, 0.29) is 11.9 Å². The number of fused-ring (bicyclic) bond motifs is 3. The molecule has 3 aromatic heterocycles. The van der Waals surface area contributed by atoms with E-state index in [0.717, 1.165) is 46.8 Å². The molecule has 2 aromatic carbocycles. The molecule has 0 fully saturated rings. The van der Waals surface area contributed by atoms with Crippen LogP contribution in [0.2, 0.25) is 0 Å². The highest BCUT2D eigenvalue weighted by Gasteiger charge is 2.33. The molecule has 0 aliphatic carbocycles. The molecule has 0 radical (unpaired) electrons. The normalized spacial score (nSPS) is 15.9. The number of amides is 1. The topological polar surface area (TPSA) is 38.1 Å². The van der Waals surface area contributed by atoms with Gasteiger partial charge < -0.3 is 9.47 Å². The molecule has 158 valence electrons. The van der Waals surface area contributed by atoms with Gasteiger partial charge in [-0.3, -0.25) is 9.78 Å². The zero-order valence-electron chi connectivity index (χ0n) is 17.9. The van der Waals surface area contributed by atoms with Crippen LogP contribution in [-0.2, 0) is 19.9 Å². The van der Waals surface area contributed by atoms with Crippen LogP contribution >= 0.6 is 11.3 Å². The van der Waals surface area contributed by atoms with Crippen LogP contribution in [0.5, 0.6) is 0 Å². The fourth-order valence-electron chi connectivity index (χ4n) is 4.97. The number of hydrogen-bond acceptors (Lipinski definition) is 3. The van der Waals surface area contributed by atoms with Gasteiger partial charge in [0, 0.05) is 47.2 Å². The molecule has 1 atom stereocenters. The summed E-state index contributed by atoms with van der Waals surface area (Å²) in [5, 5.41) is 4.32. The van der Waals surface area contributed by atoms with Crippen molar-refractivity contribution in [3.8, 4) is 0 Å². The number of pyridine rings is 1. The smallest absolute Gasteiger partial charge is 0.256 e. The SMILES string of the molecule is Cn1cc(C(=O)N2CCc3ccsc3C2Cc2ccc3ncccc3c2)c2ccccc21. The number of aromatic nitrogens is 2. The molecule has 1 amide bonds. The number of hydrogen-bond donors (Lipinski definition) is 0. The van der Waals surface area contributed by atoms with Gasteiger partial charge in [-0.05, 0) is 59.7 Å². The summed E-state index contributed by atoms with van der Waals surface area (Å²) >= 11 is 1.77. The van der Waals surface area contributed by atoms with Gasteiger partial charge in [-0.15, -0.1) is 11.3 Å². The highest BCUT2D eigenvalue weighted by atomic mass is 32.1. The van der Waals surface area contributed by atoms with Crippen LogP contribution in [-0.4, -0.2) is 26.9 Å². The number of carbonyl (C=O) groups excluding carboxylic acids is 1. The molecule has 0 saturated carbocycles. The van der Waals surface area contributed by atoms with E-state index in [9.17, 15) is 4.79 Å². The van der Waals surface area contributed by atoms with Crippen LogP contribution < -0.4 is 0 Å². The zero-order chi connectivity index (χ0) is 21.7. The molecule has 0 N–H and O–H groups in total. The number of rotatable bonds is 3. The van der Waals surface area contributed by atoms with Gasteiger partial charge >= 0.3 is 0 Å². The fraction of sp³-hybridized carbons (Fsp3) is 0.185. The Balaban J connectivity index is 1.41. The maximum atomic E-state index is 13.9. The third-order valence-corrected chi connectivity index (χ3v) is 7.63. The van der Waals surface area contributed by atoms with Gasteiger partial charge in [0.1, 0.15) is 0 Å². The summed E-state index contributed by atoms with van der Waals surface area (Å²) in [7, 11) is 2.01. The van der Waals surface area contributed by atoms with Gasteiger partial charge in [0.05, 0.1) is 17.1 Å². The molecule has 1 unspecified atom stereocenters. The van der Waals surface area contributed by atoms with Crippen LogP contribution in [0.4, 0.5) is 0 Å². The quantitative estimate of drug-likeness (QED) is 0.359. The minimum absolute atomic E-state index is 0.0411. The Labute approximate surface area is 190 Å². The summed E-state index contributed by atoms with van der Waals surface area (Å²) in [4.78, 5) is 21.7. The maximum absolute atomic E-state index is 13.9. The summed E-state index contributed by atoms with van der Waals surface area (Å²) in [6.07, 6.45) is 5.52.